The van der Waals surface area contributed by atoms with Gasteiger partial charge in [0.1, 0.15) is 5.56 Å². The number of amides is 1. The Morgan fingerprint density at radius 3 is 2.86 bits per heavy atom. The van der Waals surface area contributed by atoms with Crippen LogP contribution in [0.1, 0.15) is 28.8 Å². The SMILES string of the molecule is CNCC1CCCN(C(=O)c2c(C)cccc2[N+](=O)[O-])C1.Cl. The lowest BCUT2D eigenvalue weighted by molar-refractivity contribution is -0.385. The number of piperidine rings is 1. The number of benzene rings is 1. The lowest BCUT2D eigenvalue weighted by Crippen LogP contribution is -2.42. The van der Waals surface area contributed by atoms with Crippen LogP contribution in [0.15, 0.2) is 18.2 Å². The number of rotatable bonds is 4. The zero-order valence-electron chi connectivity index (χ0n) is 12.9. The third-order valence-electron chi connectivity index (χ3n) is 3.96. The van der Waals surface area contributed by atoms with Crippen molar-refractivity contribution in [2.24, 2.45) is 5.92 Å². The number of nitrogens with one attached hydrogen (secondary N) is 1. The minimum Gasteiger partial charge on any atom is -0.338 e. The van der Waals surface area contributed by atoms with E-state index in [1.807, 2.05) is 7.05 Å². The van der Waals surface area contributed by atoms with E-state index in [1.54, 1.807) is 24.0 Å². The van der Waals surface area contributed by atoms with Gasteiger partial charge in [0.2, 0.25) is 0 Å². The molecule has 0 bridgehead atoms. The number of hydrogen-bond acceptors (Lipinski definition) is 4. The minimum absolute atomic E-state index is 0. The molecule has 1 atom stereocenters. The lowest BCUT2D eigenvalue weighted by atomic mass is 9.96. The second kappa shape index (κ2) is 8.10. The van der Waals surface area contributed by atoms with E-state index < -0.39 is 4.92 Å². The molecule has 1 amide bonds. The van der Waals surface area contributed by atoms with Crippen LogP contribution < -0.4 is 5.32 Å². The number of nitrogens with zero attached hydrogens (tertiary/aromatic N) is 2. The van der Waals surface area contributed by atoms with E-state index in [4.69, 9.17) is 0 Å². The summed E-state index contributed by atoms with van der Waals surface area (Å²) < 4.78 is 0. The largest absolute Gasteiger partial charge is 0.338 e. The van der Waals surface area contributed by atoms with Crippen LogP contribution in [0.25, 0.3) is 0 Å². The van der Waals surface area contributed by atoms with E-state index in [9.17, 15) is 14.9 Å². The average molecular weight is 328 g/mol. The Bertz CT molecular complexity index is 549. The number of likely N-dealkylation sites (tertiary alicyclic amines) is 1. The Balaban J connectivity index is 0.00000242. The van der Waals surface area contributed by atoms with Crippen LogP contribution in [-0.2, 0) is 0 Å². The fourth-order valence-corrected chi connectivity index (χ4v) is 2.95. The molecule has 1 aliphatic heterocycles. The number of nitro benzene ring substituents is 1. The van der Waals surface area contributed by atoms with Gasteiger partial charge in [-0.25, -0.2) is 0 Å². The Hall–Kier alpha value is -1.66. The molecule has 22 heavy (non-hydrogen) atoms. The number of aryl methyl sites for hydroxylation is 1. The summed E-state index contributed by atoms with van der Waals surface area (Å²) in [5.74, 6) is 0.191. The molecule has 1 aliphatic rings. The second-order valence-corrected chi connectivity index (χ2v) is 5.54. The van der Waals surface area contributed by atoms with Gasteiger partial charge in [0.25, 0.3) is 11.6 Å². The quantitative estimate of drug-likeness (QED) is 0.680. The summed E-state index contributed by atoms with van der Waals surface area (Å²) >= 11 is 0. The summed E-state index contributed by atoms with van der Waals surface area (Å²) in [6.45, 7) is 3.94. The lowest BCUT2D eigenvalue weighted by Gasteiger charge is -2.33. The highest BCUT2D eigenvalue weighted by atomic mass is 35.5. The first-order chi connectivity index (χ1) is 10.0. The van der Waals surface area contributed by atoms with Gasteiger partial charge in [-0.1, -0.05) is 12.1 Å². The van der Waals surface area contributed by atoms with Crippen LogP contribution in [0.3, 0.4) is 0 Å². The fourth-order valence-electron chi connectivity index (χ4n) is 2.95. The summed E-state index contributed by atoms with van der Waals surface area (Å²) in [6, 6.07) is 4.76. The maximum atomic E-state index is 12.7. The van der Waals surface area contributed by atoms with Gasteiger partial charge >= 0.3 is 0 Å². The Kier molecular flexibility index (Phi) is 6.77. The van der Waals surface area contributed by atoms with Crippen molar-refractivity contribution in [3.63, 3.8) is 0 Å². The molecule has 1 aromatic rings. The second-order valence-electron chi connectivity index (χ2n) is 5.54. The summed E-state index contributed by atoms with van der Waals surface area (Å²) in [5, 5.41) is 14.3. The highest BCUT2D eigenvalue weighted by Gasteiger charge is 2.29. The van der Waals surface area contributed by atoms with Crippen LogP contribution in [0, 0.1) is 23.0 Å². The van der Waals surface area contributed by atoms with Crippen LogP contribution >= 0.6 is 12.4 Å². The molecule has 2 rings (SSSR count). The highest BCUT2D eigenvalue weighted by Crippen LogP contribution is 2.26. The molecule has 1 N–H and O–H groups in total. The fraction of sp³-hybridized carbons (Fsp3) is 0.533. The van der Waals surface area contributed by atoms with Crippen molar-refractivity contribution < 1.29 is 9.72 Å². The van der Waals surface area contributed by atoms with Gasteiger partial charge < -0.3 is 10.2 Å². The Morgan fingerprint density at radius 1 is 1.50 bits per heavy atom. The minimum atomic E-state index is -0.477. The number of nitro groups is 1. The zero-order valence-corrected chi connectivity index (χ0v) is 13.7. The van der Waals surface area contributed by atoms with Crippen molar-refractivity contribution in [2.75, 3.05) is 26.7 Å². The molecule has 1 saturated heterocycles. The Morgan fingerprint density at radius 2 is 2.23 bits per heavy atom. The number of halogens is 1. The molecular weight excluding hydrogens is 306 g/mol. The monoisotopic (exact) mass is 327 g/mol. The molecule has 0 aliphatic carbocycles. The maximum Gasteiger partial charge on any atom is 0.282 e. The first-order valence-electron chi connectivity index (χ1n) is 7.22. The van der Waals surface area contributed by atoms with Gasteiger partial charge in [0, 0.05) is 19.2 Å². The number of hydrogen-bond donors (Lipinski definition) is 1. The predicted molar refractivity (Wildman–Crippen MR) is 87.6 cm³/mol. The topological polar surface area (TPSA) is 75.5 Å². The molecule has 1 unspecified atom stereocenters. The van der Waals surface area contributed by atoms with Crippen molar-refractivity contribution >= 4 is 24.0 Å². The molecule has 6 nitrogen and oxygen atoms in total. The van der Waals surface area contributed by atoms with E-state index in [1.165, 1.54) is 6.07 Å². The van der Waals surface area contributed by atoms with Crippen LogP contribution in [-0.4, -0.2) is 42.4 Å². The third kappa shape index (κ3) is 3.96. The molecule has 1 heterocycles. The standard InChI is InChI=1S/C15H21N3O3.ClH/c1-11-5-3-7-13(18(20)21)14(11)15(19)17-8-4-6-12(10-17)9-16-2;/h3,5,7,12,16H,4,6,8-10H2,1-2H3;1H. The molecule has 122 valence electrons. The number of carbonyl (C=O) groups excluding carboxylic acids is 1. The van der Waals surface area contributed by atoms with Gasteiger partial charge in [0.15, 0.2) is 0 Å². The van der Waals surface area contributed by atoms with Crippen molar-refractivity contribution in [3.05, 3.63) is 39.4 Å². The van der Waals surface area contributed by atoms with Gasteiger partial charge in [0.05, 0.1) is 4.92 Å². The van der Waals surface area contributed by atoms with Gasteiger partial charge in [-0.2, -0.15) is 0 Å². The first kappa shape index (κ1) is 18.4. The Labute approximate surface area is 136 Å². The zero-order chi connectivity index (χ0) is 15.4. The molecular formula is C15H22ClN3O3. The van der Waals surface area contributed by atoms with Gasteiger partial charge in [-0.15, -0.1) is 12.4 Å². The van der Waals surface area contributed by atoms with Gasteiger partial charge in [-0.3, -0.25) is 14.9 Å². The molecule has 1 aromatic carbocycles. The third-order valence-corrected chi connectivity index (χ3v) is 3.96. The normalized spacial score (nSPS) is 17.7. The molecule has 7 heteroatoms. The summed E-state index contributed by atoms with van der Waals surface area (Å²) in [5.41, 5.74) is 0.785. The van der Waals surface area contributed by atoms with E-state index in [0.29, 0.717) is 24.6 Å². The van der Waals surface area contributed by atoms with Crippen LogP contribution in [0.4, 0.5) is 5.69 Å². The first-order valence-corrected chi connectivity index (χ1v) is 7.22. The summed E-state index contributed by atoms with van der Waals surface area (Å²) in [7, 11) is 1.90. The predicted octanol–water partition coefficient (Wildman–Crippen LogP) is 2.40. The summed E-state index contributed by atoms with van der Waals surface area (Å²) in [4.78, 5) is 25.1. The van der Waals surface area contributed by atoms with Crippen molar-refractivity contribution in [3.8, 4) is 0 Å². The molecule has 0 aromatic heterocycles. The molecule has 0 spiro atoms. The van der Waals surface area contributed by atoms with E-state index >= 15 is 0 Å². The smallest absolute Gasteiger partial charge is 0.282 e. The average Bonchev–Trinajstić information content (AvgIpc) is 2.47. The van der Waals surface area contributed by atoms with Gasteiger partial charge in [-0.05, 0) is 44.8 Å². The van der Waals surface area contributed by atoms with Crippen molar-refractivity contribution in [1.29, 1.82) is 0 Å². The summed E-state index contributed by atoms with van der Waals surface area (Å²) in [6.07, 6.45) is 2.03. The molecule has 0 saturated carbocycles. The van der Waals surface area contributed by atoms with Crippen LogP contribution in [0.2, 0.25) is 0 Å². The van der Waals surface area contributed by atoms with Crippen molar-refractivity contribution in [1.82, 2.24) is 10.2 Å². The van der Waals surface area contributed by atoms with Crippen LogP contribution in [0.5, 0.6) is 0 Å². The maximum absolute atomic E-state index is 12.7. The highest BCUT2D eigenvalue weighted by molar-refractivity contribution is 5.99. The van der Waals surface area contributed by atoms with E-state index in [2.05, 4.69) is 5.32 Å². The molecule has 0 radical (unpaired) electrons. The van der Waals surface area contributed by atoms with Crippen molar-refractivity contribution in [2.45, 2.75) is 19.8 Å². The van der Waals surface area contributed by atoms with E-state index in [-0.39, 0.29) is 29.6 Å². The number of carbonyl (C=O) groups is 1. The van der Waals surface area contributed by atoms with E-state index in [0.717, 1.165) is 19.4 Å². The molecule has 1 fully saturated rings.